The Hall–Kier alpha value is -0.200. The van der Waals surface area contributed by atoms with Crippen molar-refractivity contribution in [3.63, 3.8) is 0 Å². The average molecular weight is 712 g/mol. The molecule has 0 fully saturated rings. The van der Waals surface area contributed by atoms with Crippen LogP contribution in [0.3, 0.4) is 0 Å². The highest BCUT2D eigenvalue weighted by atomic mass is 16.3. The maximum Gasteiger partial charge on any atom is 0.105 e. The van der Waals surface area contributed by atoms with E-state index in [1.807, 2.05) is 0 Å². The van der Waals surface area contributed by atoms with Crippen LogP contribution in [0.1, 0.15) is 258 Å². The van der Waals surface area contributed by atoms with Crippen LogP contribution in [-0.2, 0) is 0 Å². The first-order chi connectivity index (χ1) is 24.6. The Labute approximate surface area is 314 Å². The highest BCUT2D eigenvalue weighted by Crippen LogP contribution is 2.18. The number of aliphatic hydroxyl groups excluding tert-OH is 4. The van der Waals surface area contributed by atoms with E-state index in [2.05, 4.69) is 19.2 Å². The molecule has 0 spiro atoms. The molecule has 302 valence electrons. The molecule has 5 nitrogen and oxygen atoms in total. The fourth-order valence-electron chi connectivity index (χ4n) is 7.52. The number of nitrogens with one attached hydrogen (secondary N) is 1. The normalized spacial score (nSPS) is 14.3. The van der Waals surface area contributed by atoms with Gasteiger partial charge in [0.15, 0.2) is 0 Å². The lowest BCUT2D eigenvalue weighted by Gasteiger charge is -2.28. The molecule has 0 aliphatic rings. The summed E-state index contributed by atoms with van der Waals surface area (Å²) in [7, 11) is 0. The first kappa shape index (κ1) is 49.8. The lowest BCUT2D eigenvalue weighted by atomic mass is 9.99. The summed E-state index contributed by atoms with van der Waals surface area (Å²) in [6, 6.07) is -0.702. The lowest BCUT2D eigenvalue weighted by molar-refractivity contribution is -0.0369. The minimum Gasteiger partial charge on any atom is -0.395 e. The number of rotatable bonds is 43. The third kappa shape index (κ3) is 36.2. The molecule has 0 bridgehead atoms. The van der Waals surface area contributed by atoms with Crippen LogP contribution in [0.4, 0.5) is 0 Å². The number of hydrogen-bond donors (Lipinski definition) is 5. The van der Waals surface area contributed by atoms with E-state index in [-0.39, 0.29) is 6.61 Å². The van der Waals surface area contributed by atoms with Gasteiger partial charge in [-0.15, -0.1) is 0 Å². The molecule has 0 rings (SSSR count). The first-order valence-electron chi connectivity index (χ1n) is 23.0. The predicted octanol–water partition coefficient (Wildman–Crippen LogP) is 12.8. The minimum atomic E-state index is -1.07. The molecule has 5 N–H and O–H groups in total. The Morgan fingerprint density at radius 2 is 0.580 bits per heavy atom. The summed E-state index contributed by atoms with van der Waals surface area (Å²) < 4.78 is 0. The quantitative estimate of drug-likeness (QED) is 0.0321. The first-order valence-corrected chi connectivity index (χ1v) is 23.0. The summed E-state index contributed by atoms with van der Waals surface area (Å²) in [4.78, 5) is 0. The second-order valence-corrected chi connectivity index (χ2v) is 16.1. The van der Waals surface area contributed by atoms with Gasteiger partial charge in [-0.2, -0.15) is 0 Å². The molecule has 0 aliphatic heterocycles. The second kappa shape index (κ2) is 41.6. The molecule has 5 heteroatoms. The van der Waals surface area contributed by atoms with Crippen LogP contribution in [0.25, 0.3) is 0 Å². The SMILES string of the molecule is CCCCCCCCCCCCCCCCCCCCCCCCCCC(O)N[C@@H](CO)[C@H](O)[C@H](O)CCCCCCCCCCCCCC. The average Bonchev–Trinajstić information content (AvgIpc) is 3.12. The smallest absolute Gasteiger partial charge is 0.105 e. The summed E-state index contributed by atoms with van der Waals surface area (Å²) >= 11 is 0. The van der Waals surface area contributed by atoms with Gasteiger partial charge in [-0.3, -0.25) is 5.32 Å². The predicted molar refractivity (Wildman–Crippen MR) is 219 cm³/mol. The fourth-order valence-corrected chi connectivity index (χ4v) is 7.52. The van der Waals surface area contributed by atoms with Crippen molar-refractivity contribution in [1.82, 2.24) is 5.32 Å². The molecule has 0 aromatic heterocycles. The van der Waals surface area contributed by atoms with Crippen molar-refractivity contribution in [3.05, 3.63) is 0 Å². The van der Waals surface area contributed by atoms with Crippen molar-refractivity contribution in [3.8, 4) is 0 Å². The van der Waals surface area contributed by atoms with Crippen LogP contribution in [0.2, 0.25) is 0 Å². The van der Waals surface area contributed by atoms with Crippen LogP contribution >= 0.6 is 0 Å². The molecule has 0 heterocycles. The third-order valence-electron chi connectivity index (χ3n) is 11.1. The van der Waals surface area contributed by atoms with Crippen LogP contribution in [0, 0.1) is 0 Å². The van der Waals surface area contributed by atoms with Gasteiger partial charge in [0.1, 0.15) is 6.23 Å². The molecule has 0 saturated carbocycles. The van der Waals surface area contributed by atoms with Gasteiger partial charge < -0.3 is 20.4 Å². The highest BCUT2D eigenvalue weighted by molar-refractivity contribution is 4.82. The Morgan fingerprint density at radius 3 is 0.840 bits per heavy atom. The molecule has 0 saturated heterocycles. The minimum absolute atomic E-state index is 0.298. The van der Waals surface area contributed by atoms with E-state index in [9.17, 15) is 20.4 Å². The standard InChI is InChI=1S/C45H93NO4/c1-3-5-7-9-11-13-15-17-18-19-20-21-22-23-24-25-26-27-28-30-32-34-36-38-40-44(49)46-42(41-47)45(50)43(48)39-37-35-33-31-29-16-14-12-10-8-6-4-2/h42-50H,3-41H2,1-2H3/t42-,43+,44?,45-/m0/s1. The van der Waals surface area contributed by atoms with E-state index in [0.717, 1.165) is 25.7 Å². The van der Waals surface area contributed by atoms with Crippen molar-refractivity contribution in [2.45, 2.75) is 282 Å². The van der Waals surface area contributed by atoms with Gasteiger partial charge in [-0.05, 0) is 19.3 Å². The zero-order chi connectivity index (χ0) is 36.6. The van der Waals surface area contributed by atoms with E-state index < -0.39 is 24.5 Å². The molecule has 0 radical (unpaired) electrons. The maximum absolute atomic E-state index is 10.6. The highest BCUT2D eigenvalue weighted by Gasteiger charge is 2.27. The monoisotopic (exact) mass is 712 g/mol. The lowest BCUT2D eigenvalue weighted by Crippen LogP contribution is -2.52. The molecule has 1 unspecified atom stereocenters. The van der Waals surface area contributed by atoms with Crippen molar-refractivity contribution in [2.24, 2.45) is 0 Å². The molecule has 50 heavy (non-hydrogen) atoms. The Morgan fingerprint density at radius 1 is 0.340 bits per heavy atom. The van der Waals surface area contributed by atoms with Gasteiger partial charge in [0.25, 0.3) is 0 Å². The van der Waals surface area contributed by atoms with E-state index in [4.69, 9.17) is 0 Å². The summed E-state index contributed by atoms with van der Waals surface area (Å²) in [6.45, 7) is 4.26. The summed E-state index contributed by atoms with van der Waals surface area (Å²) in [5, 5.41) is 44.2. The molecule has 0 aliphatic carbocycles. The van der Waals surface area contributed by atoms with Crippen LogP contribution in [0.15, 0.2) is 0 Å². The van der Waals surface area contributed by atoms with Crippen molar-refractivity contribution < 1.29 is 20.4 Å². The maximum atomic E-state index is 10.6. The zero-order valence-electron chi connectivity index (χ0n) is 34.2. The Kier molecular flexibility index (Phi) is 41.4. The van der Waals surface area contributed by atoms with Crippen molar-refractivity contribution >= 4 is 0 Å². The summed E-state index contributed by atoms with van der Waals surface area (Å²) in [5.74, 6) is 0. The van der Waals surface area contributed by atoms with Crippen molar-refractivity contribution in [2.75, 3.05) is 6.61 Å². The van der Waals surface area contributed by atoms with Gasteiger partial charge in [-0.1, -0.05) is 239 Å². The Bertz CT molecular complexity index is 620. The van der Waals surface area contributed by atoms with Gasteiger partial charge >= 0.3 is 0 Å². The summed E-state index contributed by atoms with van der Waals surface area (Å²) in [6.07, 6.45) is 46.5. The van der Waals surface area contributed by atoms with Gasteiger partial charge in [0.2, 0.25) is 0 Å². The number of hydrogen-bond acceptors (Lipinski definition) is 5. The third-order valence-corrected chi connectivity index (χ3v) is 11.1. The topological polar surface area (TPSA) is 93.0 Å². The van der Waals surface area contributed by atoms with Crippen LogP contribution in [-0.4, -0.2) is 51.5 Å². The van der Waals surface area contributed by atoms with E-state index >= 15 is 0 Å². The fraction of sp³-hybridized carbons (Fsp3) is 1.00. The molecular formula is C45H93NO4. The summed E-state index contributed by atoms with van der Waals surface area (Å²) in [5.41, 5.74) is 0. The molecule has 0 amide bonds. The zero-order valence-corrected chi connectivity index (χ0v) is 34.2. The van der Waals surface area contributed by atoms with E-state index in [0.29, 0.717) is 12.8 Å². The molecular weight excluding hydrogens is 618 g/mol. The molecule has 0 aromatic carbocycles. The van der Waals surface area contributed by atoms with Gasteiger partial charge in [0.05, 0.1) is 24.9 Å². The van der Waals surface area contributed by atoms with Crippen molar-refractivity contribution in [1.29, 1.82) is 0 Å². The van der Waals surface area contributed by atoms with E-state index in [1.54, 1.807) is 0 Å². The largest absolute Gasteiger partial charge is 0.395 e. The molecule has 4 atom stereocenters. The van der Waals surface area contributed by atoms with Gasteiger partial charge in [0, 0.05) is 0 Å². The van der Waals surface area contributed by atoms with Crippen LogP contribution < -0.4 is 5.32 Å². The molecule has 0 aromatic rings. The Balaban J connectivity index is 3.51. The number of unbranched alkanes of at least 4 members (excludes halogenated alkanes) is 34. The second-order valence-electron chi connectivity index (χ2n) is 16.1. The van der Waals surface area contributed by atoms with E-state index in [1.165, 1.54) is 205 Å². The van der Waals surface area contributed by atoms with Crippen LogP contribution in [0.5, 0.6) is 0 Å². The van der Waals surface area contributed by atoms with Gasteiger partial charge in [-0.25, -0.2) is 0 Å². The number of aliphatic hydroxyl groups is 4.